The van der Waals surface area contributed by atoms with Crippen LogP contribution in [0.15, 0.2) is 22.8 Å². The van der Waals surface area contributed by atoms with Crippen LogP contribution in [0.5, 0.6) is 0 Å². The maximum atomic E-state index is 5.52. The van der Waals surface area contributed by atoms with E-state index in [-0.39, 0.29) is 0 Å². The van der Waals surface area contributed by atoms with Crippen molar-refractivity contribution in [2.45, 2.75) is 6.42 Å². The van der Waals surface area contributed by atoms with Crippen LogP contribution < -0.4 is 5.73 Å². The predicted octanol–water partition coefficient (Wildman–Crippen LogP) is 1.84. The van der Waals surface area contributed by atoms with Gasteiger partial charge in [-0.15, -0.1) is 0 Å². The lowest BCUT2D eigenvalue weighted by Gasteiger charge is -2.02. The quantitative estimate of drug-likeness (QED) is 0.888. The van der Waals surface area contributed by atoms with E-state index < -0.39 is 0 Å². The van der Waals surface area contributed by atoms with E-state index in [0.717, 1.165) is 21.8 Å². The Bertz CT molecular complexity index is 462. The number of hydrogen-bond donors (Lipinski definition) is 1. The zero-order valence-corrected chi connectivity index (χ0v) is 9.58. The highest BCUT2D eigenvalue weighted by atomic mass is 79.9. The molecule has 2 N–H and O–H groups in total. The molecular weight excluding hydrogens is 242 g/mol. The van der Waals surface area contributed by atoms with Crippen molar-refractivity contribution in [1.29, 1.82) is 0 Å². The van der Waals surface area contributed by atoms with E-state index in [1.165, 1.54) is 5.56 Å². The number of nitrogens with two attached hydrogens (primary N) is 1. The van der Waals surface area contributed by atoms with Crippen molar-refractivity contribution < 1.29 is 0 Å². The molecule has 0 fully saturated rings. The topological polar surface area (TPSA) is 43.8 Å². The summed E-state index contributed by atoms with van der Waals surface area (Å²) in [4.78, 5) is 0. The van der Waals surface area contributed by atoms with Crippen LogP contribution in [-0.2, 0) is 13.5 Å². The third kappa shape index (κ3) is 1.55. The van der Waals surface area contributed by atoms with Crippen molar-refractivity contribution in [3.05, 3.63) is 28.4 Å². The smallest absolute Gasteiger partial charge is 0.0821 e. The van der Waals surface area contributed by atoms with Gasteiger partial charge in [-0.3, -0.25) is 4.68 Å². The molecule has 0 saturated carbocycles. The van der Waals surface area contributed by atoms with Gasteiger partial charge in [0.1, 0.15) is 0 Å². The fourth-order valence-corrected chi connectivity index (χ4v) is 2.42. The summed E-state index contributed by atoms with van der Waals surface area (Å²) < 4.78 is 2.95. The molecule has 1 aromatic carbocycles. The average molecular weight is 254 g/mol. The minimum absolute atomic E-state index is 0.679. The molecule has 0 spiro atoms. The molecular formula is C10H12BrN3. The molecule has 2 aromatic rings. The molecule has 0 bridgehead atoms. The molecule has 3 nitrogen and oxygen atoms in total. The minimum atomic E-state index is 0.679. The van der Waals surface area contributed by atoms with Crippen LogP contribution in [0.2, 0.25) is 0 Å². The minimum Gasteiger partial charge on any atom is -0.330 e. The highest BCUT2D eigenvalue weighted by Gasteiger charge is 2.05. The third-order valence-electron chi connectivity index (χ3n) is 2.28. The predicted molar refractivity (Wildman–Crippen MR) is 61.2 cm³/mol. The van der Waals surface area contributed by atoms with Crippen molar-refractivity contribution in [3.8, 4) is 0 Å². The highest BCUT2D eigenvalue weighted by molar-refractivity contribution is 9.10. The Hall–Kier alpha value is -0.870. The van der Waals surface area contributed by atoms with Crippen LogP contribution in [-0.4, -0.2) is 16.3 Å². The first kappa shape index (κ1) is 9.68. The van der Waals surface area contributed by atoms with Crippen LogP contribution in [0.25, 0.3) is 10.9 Å². The van der Waals surface area contributed by atoms with E-state index in [1.54, 1.807) is 0 Å². The lowest BCUT2D eigenvalue weighted by atomic mass is 10.1. The highest BCUT2D eigenvalue weighted by Crippen LogP contribution is 2.25. The Morgan fingerprint density at radius 3 is 3.00 bits per heavy atom. The number of fused-ring (bicyclic) bond motifs is 1. The summed E-state index contributed by atoms with van der Waals surface area (Å²) in [6.45, 7) is 0.679. The van der Waals surface area contributed by atoms with Crippen molar-refractivity contribution in [3.63, 3.8) is 0 Å². The number of aromatic nitrogens is 2. The fraction of sp³-hybridized carbons (Fsp3) is 0.300. The van der Waals surface area contributed by atoms with Crippen molar-refractivity contribution in [2.24, 2.45) is 12.8 Å². The van der Waals surface area contributed by atoms with Gasteiger partial charge in [-0.1, -0.05) is 0 Å². The second-order valence-corrected chi connectivity index (χ2v) is 4.18. The van der Waals surface area contributed by atoms with Gasteiger partial charge in [0.05, 0.1) is 11.7 Å². The molecule has 14 heavy (non-hydrogen) atoms. The van der Waals surface area contributed by atoms with E-state index in [0.29, 0.717) is 6.54 Å². The molecule has 0 aliphatic carbocycles. The van der Waals surface area contributed by atoms with E-state index in [2.05, 4.69) is 33.2 Å². The Balaban J connectivity index is 2.62. The van der Waals surface area contributed by atoms with Gasteiger partial charge in [0.25, 0.3) is 0 Å². The number of halogens is 1. The van der Waals surface area contributed by atoms with E-state index in [9.17, 15) is 0 Å². The SMILES string of the molecule is Cn1ncc2cc(CCN)cc(Br)c21. The summed E-state index contributed by atoms with van der Waals surface area (Å²) in [5.41, 5.74) is 7.90. The Labute approximate surface area is 91.0 Å². The zero-order valence-electron chi connectivity index (χ0n) is 8.00. The summed E-state index contributed by atoms with van der Waals surface area (Å²) in [5, 5.41) is 5.37. The number of hydrogen-bond acceptors (Lipinski definition) is 2. The van der Waals surface area contributed by atoms with Crippen LogP contribution >= 0.6 is 15.9 Å². The molecule has 0 saturated heterocycles. The van der Waals surface area contributed by atoms with Gasteiger partial charge < -0.3 is 5.73 Å². The van der Waals surface area contributed by atoms with E-state index in [1.807, 2.05) is 17.9 Å². The van der Waals surface area contributed by atoms with E-state index in [4.69, 9.17) is 5.73 Å². The molecule has 0 aliphatic rings. The average Bonchev–Trinajstić information content (AvgIpc) is 2.48. The summed E-state index contributed by atoms with van der Waals surface area (Å²) in [6, 6.07) is 4.25. The second-order valence-electron chi connectivity index (χ2n) is 3.32. The number of nitrogens with zero attached hydrogens (tertiary/aromatic N) is 2. The Morgan fingerprint density at radius 1 is 1.50 bits per heavy atom. The number of aryl methyl sites for hydroxylation is 1. The van der Waals surface area contributed by atoms with Gasteiger partial charge in [0.15, 0.2) is 0 Å². The van der Waals surface area contributed by atoms with Gasteiger partial charge in [-0.25, -0.2) is 0 Å². The van der Waals surface area contributed by atoms with Crippen molar-refractivity contribution in [2.75, 3.05) is 6.54 Å². The molecule has 0 aliphatic heterocycles. The summed E-state index contributed by atoms with van der Waals surface area (Å²) in [6.07, 6.45) is 2.78. The molecule has 2 rings (SSSR count). The van der Waals surface area contributed by atoms with Gasteiger partial charge in [-0.2, -0.15) is 5.10 Å². The first-order chi connectivity index (χ1) is 6.72. The molecule has 0 amide bonds. The van der Waals surface area contributed by atoms with Crippen LogP contribution in [0.4, 0.5) is 0 Å². The maximum Gasteiger partial charge on any atom is 0.0821 e. The van der Waals surface area contributed by atoms with Crippen LogP contribution in [0.1, 0.15) is 5.56 Å². The lowest BCUT2D eigenvalue weighted by molar-refractivity contribution is 0.795. The number of rotatable bonds is 2. The van der Waals surface area contributed by atoms with Crippen molar-refractivity contribution >= 4 is 26.8 Å². The Kier molecular flexibility index (Phi) is 2.56. The summed E-state index contributed by atoms with van der Waals surface area (Å²) in [5.74, 6) is 0. The van der Waals surface area contributed by atoms with Gasteiger partial charge in [-0.05, 0) is 46.6 Å². The first-order valence-electron chi connectivity index (χ1n) is 4.52. The molecule has 1 aromatic heterocycles. The molecule has 0 atom stereocenters. The summed E-state index contributed by atoms with van der Waals surface area (Å²) in [7, 11) is 1.94. The first-order valence-corrected chi connectivity index (χ1v) is 5.32. The largest absolute Gasteiger partial charge is 0.330 e. The molecule has 0 radical (unpaired) electrons. The third-order valence-corrected chi connectivity index (χ3v) is 2.88. The maximum absolute atomic E-state index is 5.52. The number of benzene rings is 1. The van der Waals surface area contributed by atoms with Crippen LogP contribution in [0, 0.1) is 0 Å². The Morgan fingerprint density at radius 2 is 2.29 bits per heavy atom. The zero-order chi connectivity index (χ0) is 10.1. The van der Waals surface area contributed by atoms with Gasteiger partial charge >= 0.3 is 0 Å². The van der Waals surface area contributed by atoms with Gasteiger partial charge in [0.2, 0.25) is 0 Å². The normalized spacial score (nSPS) is 11.1. The molecule has 74 valence electrons. The van der Waals surface area contributed by atoms with Crippen LogP contribution in [0.3, 0.4) is 0 Å². The monoisotopic (exact) mass is 253 g/mol. The van der Waals surface area contributed by atoms with Gasteiger partial charge in [0, 0.05) is 16.9 Å². The lowest BCUT2D eigenvalue weighted by Crippen LogP contribution is -2.02. The van der Waals surface area contributed by atoms with Crippen molar-refractivity contribution in [1.82, 2.24) is 9.78 Å². The summed E-state index contributed by atoms with van der Waals surface area (Å²) >= 11 is 3.55. The standard InChI is InChI=1S/C10H12BrN3/c1-14-10-8(6-13-14)4-7(2-3-12)5-9(10)11/h4-6H,2-3,12H2,1H3. The second kappa shape index (κ2) is 3.71. The molecule has 0 unspecified atom stereocenters. The molecule has 1 heterocycles. The fourth-order valence-electron chi connectivity index (χ4n) is 1.64. The van der Waals surface area contributed by atoms with E-state index >= 15 is 0 Å². The molecule has 4 heteroatoms.